The molecule has 0 radical (unpaired) electrons. The Morgan fingerprint density at radius 2 is 2.25 bits per heavy atom. The highest BCUT2D eigenvalue weighted by atomic mass is 32.2. The van der Waals surface area contributed by atoms with Crippen LogP contribution >= 0.6 is 11.8 Å². The summed E-state index contributed by atoms with van der Waals surface area (Å²) in [7, 11) is 0. The molecule has 1 N–H and O–H groups in total. The van der Waals surface area contributed by atoms with Gasteiger partial charge in [-0.1, -0.05) is 6.07 Å². The first-order valence-corrected chi connectivity index (χ1v) is 6.10. The molecule has 16 heavy (non-hydrogen) atoms. The average Bonchev–Trinajstić information content (AvgIpc) is 3.03. The molecule has 1 amide bonds. The molecule has 1 aliphatic rings. The number of benzene rings is 1. The van der Waals surface area contributed by atoms with Gasteiger partial charge in [0.2, 0.25) is 5.91 Å². The van der Waals surface area contributed by atoms with E-state index in [9.17, 15) is 9.59 Å². The van der Waals surface area contributed by atoms with Gasteiger partial charge >= 0.3 is 0 Å². The Morgan fingerprint density at radius 3 is 2.81 bits per heavy atom. The number of rotatable bonds is 4. The molecule has 1 fully saturated rings. The van der Waals surface area contributed by atoms with Crippen molar-refractivity contribution >= 4 is 29.6 Å². The van der Waals surface area contributed by atoms with Crippen LogP contribution in [0, 0.1) is 0 Å². The van der Waals surface area contributed by atoms with E-state index in [2.05, 4.69) is 5.32 Å². The van der Waals surface area contributed by atoms with E-state index in [1.807, 2.05) is 6.07 Å². The Morgan fingerprint density at radius 1 is 1.50 bits per heavy atom. The van der Waals surface area contributed by atoms with Crippen LogP contribution in [0.3, 0.4) is 0 Å². The quantitative estimate of drug-likeness (QED) is 0.816. The standard InChI is InChI=1S/C12H13NO2S/c1-8(15)13-11-6-9(7-14)2-5-12(11)16-10-3-4-10/h2,5-7,10H,3-4H2,1H3,(H,13,15). The largest absolute Gasteiger partial charge is 0.325 e. The molecular weight excluding hydrogens is 222 g/mol. The van der Waals surface area contributed by atoms with Crippen LogP contribution in [0.4, 0.5) is 5.69 Å². The summed E-state index contributed by atoms with van der Waals surface area (Å²) < 4.78 is 0. The topological polar surface area (TPSA) is 46.2 Å². The summed E-state index contributed by atoms with van der Waals surface area (Å²) in [5, 5.41) is 3.44. The molecule has 84 valence electrons. The maximum Gasteiger partial charge on any atom is 0.221 e. The number of thioether (sulfide) groups is 1. The second kappa shape index (κ2) is 4.70. The number of carbonyl (C=O) groups is 2. The predicted molar refractivity (Wildman–Crippen MR) is 65.0 cm³/mol. The van der Waals surface area contributed by atoms with Crippen LogP contribution in [-0.2, 0) is 4.79 Å². The molecule has 1 saturated carbocycles. The molecule has 0 aliphatic heterocycles. The van der Waals surface area contributed by atoms with Crippen molar-refractivity contribution < 1.29 is 9.59 Å². The first kappa shape index (κ1) is 11.2. The van der Waals surface area contributed by atoms with Gasteiger partial charge < -0.3 is 5.32 Å². The lowest BCUT2D eigenvalue weighted by Gasteiger charge is -2.09. The van der Waals surface area contributed by atoms with Crippen molar-refractivity contribution in [3.05, 3.63) is 23.8 Å². The number of anilines is 1. The van der Waals surface area contributed by atoms with Crippen molar-refractivity contribution in [1.82, 2.24) is 0 Å². The summed E-state index contributed by atoms with van der Waals surface area (Å²) in [4.78, 5) is 22.8. The summed E-state index contributed by atoms with van der Waals surface area (Å²) in [5.41, 5.74) is 1.33. The molecule has 1 aromatic carbocycles. The van der Waals surface area contributed by atoms with Crippen LogP contribution in [0.15, 0.2) is 23.1 Å². The maximum atomic E-state index is 11.1. The zero-order valence-electron chi connectivity index (χ0n) is 9.03. The lowest BCUT2D eigenvalue weighted by molar-refractivity contribution is -0.114. The first-order valence-electron chi connectivity index (χ1n) is 5.22. The van der Waals surface area contributed by atoms with E-state index >= 15 is 0 Å². The summed E-state index contributed by atoms with van der Waals surface area (Å²) in [5.74, 6) is -0.110. The Labute approximate surface area is 98.6 Å². The molecule has 0 bridgehead atoms. The highest BCUT2D eigenvalue weighted by molar-refractivity contribution is 8.00. The summed E-state index contributed by atoms with van der Waals surface area (Å²) in [6, 6.07) is 5.40. The third-order valence-corrected chi connectivity index (χ3v) is 3.68. The molecule has 0 aromatic heterocycles. The van der Waals surface area contributed by atoms with E-state index < -0.39 is 0 Å². The molecule has 0 atom stereocenters. The molecule has 0 spiro atoms. The fourth-order valence-corrected chi connectivity index (χ4v) is 2.49. The van der Waals surface area contributed by atoms with Crippen LogP contribution in [0.25, 0.3) is 0 Å². The third-order valence-electron chi connectivity index (χ3n) is 2.27. The fraction of sp³-hybridized carbons (Fsp3) is 0.333. The number of hydrogen-bond donors (Lipinski definition) is 1. The SMILES string of the molecule is CC(=O)Nc1cc(C=O)ccc1SC1CC1. The van der Waals surface area contributed by atoms with Crippen molar-refractivity contribution in [2.45, 2.75) is 29.9 Å². The van der Waals surface area contributed by atoms with Crippen LogP contribution in [-0.4, -0.2) is 17.4 Å². The minimum Gasteiger partial charge on any atom is -0.325 e. The van der Waals surface area contributed by atoms with Crippen LogP contribution < -0.4 is 5.32 Å². The van der Waals surface area contributed by atoms with Gasteiger partial charge in [0.1, 0.15) is 6.29 Å². The first-order chi connectivity index (χ1) is 7.69. The third kappa shape index (κ3) is 2.85. The molecule has 0 saturated heterocycles. The minimum absolute atomic E-state index is 0.110. The minimum atomic E-state index is -0.110. The maximum absolute atomic E-state index is 11.1. The van der Waals surface area contributed by atoms with Crippen LogP contribution in [0.2, 0.25) is 0 Å². The van der Waals surface area contributed by atoms with Crippen molar-refractivity contribution in [3.63, 3.8) is 0 Å². The molecule has 0 unspecified atom stereocenters. The second-order valence-corrected chi connectivity index (χ2v) is 5.21. The van der Waals surface area contributed by atoms with Gasteiger partial charge in [0.05, 0.1) is 5.69 Å². The normalized spacial score (nSPS) is 14.6. The molecule has 3 nitrogen and oxygen atoms in total. The van der Waals surface area contributed by atoms with Crippen LogP contribution in [0.1, 0.15) is 30.1 Å². The number of amides is 1. The Kier molecular flexibility index (Phi) is 3.29. The molecule has 2 rings (SSSR count). The molecule has 1 aromatic rings. The summed E-state index contributed by atoms with van der Waals surface area (Å²) in [6.45, 7) is 1.47. The number of hydrogen-bond acceptors (Lipinski definition) is 3. The average molecular weight is 235 g/mol. The summed E-state index contributed by atoms with van der Waals surface area (Å²) in [6.07, 6.45) is 3.26. The lowest BCUT2D eigenvalue weighted by atomic mass is 10.2. The number of carbonyl (C=O) groups excluding carboxylic acids is 2. The highest BCUT2D eigenvalue weighted by Crippen LogP contribution is 2.42. The van der Waals surface area contributed by atoms with Crippen molar-refractivity contribution in [3.8, 4) is 0 Å². The fourth-order valence-electron chi connectivity index (χ4n) is 1.38. The Hall–Kier alpha value is -1.29. The monoisotopic (exact) mass is 235 g/mol. The van der Waals surface area contributed by atoms with Crippen molar-refractivity contribution in [2.75, 3.05) is 5.32 Å². The van der Waals surface area contributed by atoms with Gasteiger partial charge in [0.25, 0.3) is 0 Å². The Bertz CT molecular complexity index is 427. The zero-order valence-corrected chi connectivity index (χ0v) is 9.84. The Balaban J connectivity index is 2.25. The highest BCUT2D eigenvalue weighted by Gasteiger charge is 2.23. The van der Waals surface area contributed by atoms with Gasteiger partial charge in [-0.05, 0) is 25.0 Å². The van der Waals surface area contributed by atoms with Crippen molar-refractivity contribution in [1.29, 1.82) is 0 Å². The summed E-state index contributed by atoms with van der Waals surface area (Å²) >= 11 is 1.77. The van der Waals surface area contributed by atoms with Gasteiger partial charge in [-0.3, -0.25) is 9.59 Å². The molecule has 0 heterocycles. The van der Waals surface area contributed by atoms with Crippen LogP contribution in [0.5, 0.6) is 0 Å². The molecule has 4 heteroatoms. The van der Waals surface area contributed by atoms with Gasteiger partial charge in [-0.2, -0.15) is 0 Å². The number of aldehydes is 1. The lowest BCUT2D eigenvalue weighted by Crippen LogP contribution is -2.07. The van der Waals surface area contributed by atoms with E-state index in [1.165, 1.54) is 19.8 Å². The smallest absolute Gasteiger partial charge is 0.221 e. The zero-order chi connectivity index (χ0) is 11.5. The van der Waals surface area contributed by atoms with Gasteiger partial charge in [0, 0.05) is 22.6 Å². The number of nitrogens with one attached hydrogen (secondary N) is 1. The van der Waals surface area contributed by atoms with E-state index in [-0.39, 0.29) is 5.91 Å². The molecule has 1 aliphatic carbocycles. The van der Waals surface area contributed by atoms with E-state index in [4.69, 9.17) is 0 Å². The second-order valence-electron chi connectivity index (χ2n) is 3.87. The predicted octanol–water partition coefficient (Wildman–Crippen LogP) is 2.71. The van der Waals surface area contributed by atoms with E-state index in [0.29, 0.717) is 10.8 Å². The van der Waals surface area contributed by atoms with Gasteiger partial charge in [0.15, 0.2) is 0 Å². The van der Waals surface area contributed by atoms with Crippen molar-refractivity contribution in [2.24, 2.45) is 0 Å². The van der Waals surface area contributed by atoms with Gasteiger partial charge in [-0.15, -0.1) is 11.8 Å². The van der Waals surface area contributed by atoms with Gasteiger partial charge in [-0.25, -0.2) is 0 Å². The molecular formula is C12H13NO2S. The van der Waals surface area contributed by atoms with E-state index in [1.54, 1.807) is 23.9 Å². The van der Waals surface area contributed by atoms with E-state index in [0.717, 1.165) is 16.9 Å².